The number of amides is 1. The topological polar surface area (TPSA) is 63.9 Å². The summed E-state index contributed by atoms with van der Waals surface area (Å²) in [6.07, 6.45) is 2.85. The molecule has 0 unspecified atom stereocenters. The van der Waals surface area contributed by atoms with Crippen molar-refractivity contribution in [1.82, 2.24) is 4.57 Å². The molecule has 0 fully saturated rings. The first-order chi connectivity index (χ1) is 14.5. The average molecular weight is 420 g/mol. The number of aromatic nitrogens is 1. The lowest BCUT2D eigenvalue weighted by Crippen LogP contribution is -2.26. The Morgan fingerprint density at radius 2 is 1.68 bits per heavy atom. The molecule has 3 rings (SSSR count). The molecule has 0 aliphatic carbocycles. The third kappa shape index (κ3) is 5.02. The predicted molar refractivity (Wildman–Crippen MR) is 125 cm³/mol. The Bertz CT molecular complexity index is 1180. The smallest absolute Gasteiger partial charge is 0.419 e. The fourth-order valence-electron chi connectivity index (χ4n) is 3.41. The van der Waals surface area contributed by atoms with Crippen molar-refractivity contribution in [1.29, 1.82) is 0 Å². The summed E-state index contributed by atoms with van der Waals surface area (Å²) >= 11 is 0. The van der Waals surface area contributed by atoms with Crippen molar-refractivity contribution in [3.8, 4) is 0 Å². The number of nitrogens with zero attached hydrogens (tertiary/aromatic N) is 3. The van der Waals surface area contributed by atoms with E-state index in [1.165, 1.54) is 16.5 Å². The zero-order chi connectivity index (χ0) is 22.9. The highest BCUT2D eigenvalue weighted by Crippen LogP contribution is 2.25. The van der Waals surface area contributed by atoms with Crippen LogP contribution >= 0.6 is 0 Å². The Morgan fingerprint density at radius 1 is 1.03 bits per heavy atom. The second kappa shape index (κ2) is 8.38. The van der Waals surface area contributed by atoms with Crippen molar-refractivity contribution < 1.29 is 14.3 Å². The van der Waals surface area contributed by atoms with E-state index in [-0.39, 0.29) is 5.91 Å². The van der Waals surface area contributed by atoms with E-state index >= 15 is 0 Å². The number of carbonyl (C=O) groups excluding carboxylic acids is 2. The van der Waals surface area contributed by atoms with Crippen LogP contribution in [0.15, 0.2) is 47.7 Å². The van der Waals surface area contributed by atoms with E-state index in [1.807, 2.05) is 77.9 Å². The van der Waals surface area contributed by atoms with Crippen molar-refractivity contribution in [3.05, 3.63) is 64.8 Å². The van der Waals surface area contributed by atoms with Crippen molar-refractivity contribution in [2.45, 2.75) is 54.1 Å². The molecule has 31 heavy (non-hydrogen) atoms. The number of benzene rings is 2. The van der Waals surface area contributed by atoms with Gasteiger partial charge in [-0.05, 0) is 65.3 Å². The van der Waals surface area contributed by atoms with Crippen LogP contribution in [0.5, 0.6) is 0 Å². The molecule has 6 heteroatoms. The predicted octanol–water partition coefficient (Wildman–Crippen LogP) is 5.74. The Balaban J connectivity index is 2.07. The first kappa shape index (κ1) is 22.3. The van der Waals surface area contributed by atoms with E-state index in [1.54, 1.807) is 12.4 Å². The summed E-state index contributed by atoms with van der Waals surface area (Å²) in [4.78, 5) is 25.1. The molecule has 0 atom stereocenters. The Morgan fingerprint density at radius 3 is 2.29 bits per heavy atom. The number of hydrazone groups is 1. The second-order valence-corrected chi connectivity index (χ2v) is 8.82. The van der Waals surface area contributed by atoms with Crippen molar-refractivity contribution in [2.24, 2.45) is 5.10 Å². The van der Waals surface area contributed by atoms with E-state index in [0.29, 0.717) is 0 Å². The Labute approximate surface area is 183 Å². The monoisotopic (exact) mass is 419 g/mol. The maximum Gasteiger partial charge on any atom is 0.419 e. The summed E-state index contributed by atoms with van der Waals surface area (Å²) in [7, 11) is 0. The molecule has 1 amide bonds. The van der Waals surface area contributed by atoms with Gasteiger partial charge in [0.1, 0.15) is 5.60 Å². The van der Waals surface area contributed by atoms with Gasteiger partial charge in [-0.2, -0.15) is 5.10 Å². The molecule has 3 aromatic rings. The fraction of sp³-hybridized carbons (Fsp3) is 0.320. The molecule has 0 aliphatic heterocycles. The lowest BCUT2D eigenvalue weighted by molar-refractivity contribution is -0.116. The van der Waals surface area contributed by atoms with Crippen LogP contribution in [-0.2, 0) is 9.53 Å². The number of hydrogen-bond acceptors (Lipinski definition) is 4. The highest BCUT2D eigenvalue weighted by Gasteiger charge is 2.21. The van der Waals surface area contributed by atoms with Gasteiger partial charge in [-0.25, -0.2) is 9.80 Å². The molecular formula is C25H29N3O3. The van der Waals surface area contributed by atoms with Crippen LogP contribution in [0, 0.1) is 20.8 Å². The number of anilines is 1. The van der Waals surface area contributed by atoms with Gasteiger partial charge < -0.3 is 4.74 Å². The van der Waals surface area contributed by atoms with Gasteiger partial charge in [0.2, 0.25) is 5.91 Å². The first-order valence-corrected chi connectivity index (χ1v) is 10.2. The molecule has 2 aromatic carbocycles. The number of fused-ring (bicyclic) bond motifs is 1. The van der Waals surface area contributed by atoms with Gasteiger partial charge in [-0.1, -0.05) is 29.3 Å². The summed E-state index contributed by atoms with van der Waals surface area (Å²) in [5.41, 5.74) is 4.69. The van der Waals surface area contributed by atoms with Crippen molar-refractivity contribution in [3.63, 3.8) is 0 Å². The van der Waals surface area contributed by atoms with Gasteiger partial charge >= 0.3 is 6.09 Å². The summed E-state index contributed by atoms with van der Waals surface area (Å²) < 4.78 is 7.03. The molecule has 1 heterocycles. The lowest BCUT2D eigenvalue weighted by Gasteiger charge is -2.19. The molecule has 0 saturated heterocycles. The molecule has 0 bridgehead atoms. The second-order valence-electron chi connectivity index (χ2n) is 8.82. The van der Waals surface area contributed by atoms with Gasteiger partial charge in [0, 0.05) is 24.1 Å². The number of rotatable bonds is 3. The summed E-state index contributed by atoms with van der Waals surface area (Å²) in [6.45, 7) is 12.9. The SMILES string of the molecule is CC(=O)N(/N=C/c1cn(C(=O)OC(C)(C)C)c2ccc(C)cc12)c1ccc(C)cc1C. The molecule has 6 nitrogen and oxygen atoms in total. The Kier molecular flexibility index (Phi) is 6.02. The largest absolute Gasteiger partial charge is 0.443 e. The number of hydrogen-bond donors (Lipinski definition) is 0. The van der Waals surface area contributed by atoms with Gasteiger partial charge in [-0.15, -0.1) is 0 Å². The van der Waals surface area contributed by atoms with Crippen LogP contribution in [0.4, 0.5) is 10.5 Å². The minimum atomic E-state index is -0.610. The van der Waals surface area contributed by atoms with E-state index in [0.717, 1.165) is 38.8 Å². The highest BCUT2D eigenvalue weighted by molar-refractivity contribution is 6.04. The van der Waals surface area contributed by atoms with Crippen LogP contribution in [0.25, 0.3) is 10.9 Å². The molecule has 0 saturated carbocycles. The van der Waals surface area contributed by atoms with Crippen LogP contribution < -0.4 is 5.01 Å². The number of aryl methyl sites for hydroxylation is 3. The van der Waals surface area contributed by atoms with Crippen molar-refractivity contribution >= 4 is 34.8 Å². The Hall–Kier alpha value is -3.41. The van der Waals surface area contributed by atoms with E-state index in [2.05, 4.69) is 5.10 Å². The maximum absolute atomic E-state index is 12.7. The van der Waals surface area contributed by atoms with Crippen LogP contribution in [0.1, 0.15) is 49.9 Å². The third-order valence-corrected chi connectivity index (χ3v) is 4.77. The molecule has 0 radical (unpaired) electrons. The molecule has 0 aliphatic rings. The summed E-state index contributed by atoms with van der Waals surface area (Å²) in [5, 5.41) is 6.71. The lowest BCUT2D eigenvalue weighted by atomic mass is 10.1. The molecule has 0 spiro atoms. The molecular weight excluding hydrogens is 390 g/mol. The standard InChI is InChI=1S/C25H29N3O3/c1-16-8-10-22(18(3)12-16)28(19(4)29)26-14-20-15-27(24(30)31-25(5,6)7)23-11-9-17(2)13-21(20)23/h8-15H,1-7H3/b26-14+. The summed E-state index contributed by atoms with van der Waals surface area (Å²) in [5.74, 6) is -0.199. The molecule has 0 N–H and O–H groups in total. The fourth-order valence-corrected chi connectivity index (χ4v) is 3.41. The van der Waals surface area contributed by atoms with Gasteiger partial charge in [-0.3, -0.25) is 9.36 Å². The minimum absolute atomic E-state index is 0.199. The van der Waals surface area contributed by atoms with Crippen LogP contribution in [0.2, 0.25) is 0 Å². The quantitative estimate of drug-likeness (QED) is 0.402. The number of carbonyl (C=O) groups is 2. The highest BCUT2D eigenvalue weighted by atomic mass is 16.6. The van der Waals surface area contributed by atoms with Gasteiger partial charge in [0.25, 0.3) is 0 Å². The summed E-state index contributed by atoms with van der Waals surface area (Å²) in [6, 6.07) is 11.7. The average Bonchev–Trinajstić information content (AvgIpc) is 3.00. The molecule has 1 aromatic heterocycles. The minimum Gasteiger partial charge on any atom is -0.443 e. The molecule has 162 valence electrons. The normalized spacial score (nSPS) is 11.8. The number of ether oxygens (including phenoxy) is 1. The van der Waals surface area contributed by atoms with Crippen molar-refractivity contribution in [2.75, 3.05) is 5.01 Å². The van der Waals surface area contributed by atoms with E-state index in [4.69, 9.17) is 4.74 Å². The zero-order valence-electron chi connectivity index (χ0n) is 19.2. The van der Waals surface area contributed by atoms with E-state index in [9.17, 15) is 9.59 Å². The third-order valence-electron chi connectivity index (χ3n) is 4.77. The zero-order valence-corrected chi connectivity index (χ0v) is 19.2. The van der Waals surface area contributed by atoms with Crippen LogP contribution in [0.3, 0.4) is 0 Å². The van der Waals surface area contributed by atoms with E-state index < -0.39 is 11.7 Å². The van der Waals surface area contributed by atoms with Gasteiger partial charge in [0.15, 0.2) is 0 Å². The van der Waals surface area contributed by atoms with Crippen LogP contribution in [-0.4, -0.2) is 28.4 Å². The van der Waals surface area contributed by atoms with Gasteiger partial charge in [0.05, 0.1) is 17.4 Å². The first-order valence-electron chi connectivity index (χ1n) is 10.2. The maximum atomic E-state index is 12.7.